The van der Waals surface area contributed by atoms with Crippen molar-refractivity contribution in [3.63, 3.8) is 0 Å². The maximum Gasteiger partial charge on any atom is 0.491 e. The predicted octanol–water partition coefficient (Wildman–Crippen LogP) is 4.53. The molecule has 0 bridgehead atoms. The van der Waals surface area contributed by atoms with E-state index in [-0.39, 0.29) is 23.1 Å². The van der Waals surface area contributed by atoms with E-state index >= 15 is 0 Å². The molecule has 4 rings (SSSR count). The van der Waals surface area contributed by atoms with Crippen molar-refractivity contribution in [2.45, 2.75) is 24.9 Å². The molecule has 11 heteroatoms. The lowest BCUT2D eigenvalue weighted by Gasteiger charge is -2.33. The number of nitrogens with two attached hydrogens (primary N) is 1. The molecule has 8 nitrogen and oxygen atoms in total. The quantitative estimate of drug-likeness (QED) is 0.211. The Kier molecular flexibility index (Phi) is 7.65. The molecule has 0 saturated carbocycles. The SMILES string of the molecule is COc1ccc(-c2ccc(C(=O)N3CCC(c4cccc(C(=N)N)c4OC(=O)C(F)(F)F)CC3)cc2)cn1. The summed E-state index contributed by atoms with van der Waals surface area (Å²) in [6.07, 6.45) is -2.66. The number of nitrogens with zero attached hydrogens (tertiary/aromatic N) is 2. The second kappa shape index (κ2) is 10.9. The van der Waals surface area contributed by atoms with E-state index in [0.29, 0.717) is 42.9 Å². The van der Waals surface area contributed by atoms with Gasteiger partial charge in [0.1, 0.15) is 11.6 Å². The standard InChI is InChI=1S/C27H25F3N4O4/c1-37-22-10-9-19(15-33-22)16-5-7-18(8-6-16)25(35)34-13-11-17(12-14-34)20-3-2-4-21(24(31)32)23(20)38-26(36)27(28,29)30/h2-10,15,17H,11-14H2,1H3,(H3,31,32). The highest BCUT2D eigenvalue weighted by Crippen LogP contribution is 2.37. The first-order valence-electron chi connectivity index (χ1n) is 11.7. The van der Waals surface area contributed by atoms with Gasteiger partial charge in [-0.2, -0.15) is 13.2 Å². The van der Waals surface area contributed by atoms with Gasteiger partial charge in [0.2, 0.25) is 5.88 Å². The van der Waals surface area contributed by atoms with E-state index in [0.717, 1.165) is 11.1 Å². The number of halogens is 3. The van der Waals surface area contributed by atoms with Crippen LogP contribution in [0.25, 0.3) is 11.1 Å². The van der Waals surface area contributed by atoms with Crippen molar-refractivity contribution in [2.24, 2.45) is 5.73 Å². The third-order valence-corrected chi connectivity index (χ3v) is 6.39. The summed E-state index contributed by atoms with van der Waals surface area (Å²) in [5.41, 5.74) is 8.06. The third kappa shape index (κ3) is 5.77. The molecule has 0 unspecified atom stereocenters. The number of nitrogens with one attached hydrogen (secondary N) is 1. The van der Waals surface area contributed by atoms with Crippen LogP contribution < -0.4 is 15.2 Å². The fourth-order valence-corrected chi connectivity index (χ4v) is 4.41. The van der Waals surface area contributed by atoms with Crippen LogP contribution in [0, 0.1) is 5.41 Å². The van der Waals surface area contributed by atoms with Crippen molar-refractivity contribution < 1.29 is 32.2 Å². The van der Waals surface area contributed by atoms with Crippen molar-refractivity contribution in [1.82, 2.24) is 9.88 Å². The summed E-state index contributed by atoms with van der Waals surface area (Å²) in [5.74, 6) is -3.21. The molecule has 0 aliphatic carbocycles. The fourth-order valence-electron chi connectivity index (χ4n) is 4.41. The van der Waals surface area contributed by atoms with Crippen molar-refractivity contribution in [3.05, 3.63) is 77.5 Å². The molecule has 3 N–H and O–H groups in total. The van der Waals surface area contributed by atoms with Gasteiger partial charge in [-0.1, -0.05) is 24.3 Å². The number of para-hydroxylation sites is 1. The van der Waals surface area contributed by atoms with Crippen molar-refractivity contribution in [1.29, 1.82) is 5.41 Å². The highest BCUT2D eigenvalue weighted by molar-refractivity contribution is 5.99. The number of aromatic nitrogens is 1. The molecule has 0 atom stereocenters. The number of hydrogen-bond acceptors (Lipinski definition) is 6. The number of carbonyl (C=O) groups excluding carboxylic acids is 2. The summed E-state index contributed by atoms with van der Waals surface area (Å²) in [5, 5.41) is 7.70. The number of rotatable bonds is 6. The van der Waals surface area contributed by atoms with Gasteiger partial charge in [0.05, 0.1) is 12.7 Å². The number of amidine groups is 1. The molecular formula is C27H25F3N4O4. The van der Waals surface area contributed by atoms with Gasteiger partial charge in [0.15, 0.2) is 0 Å². The highest BCUT2D eigenvalue weighted by atomic mass is 19.4. The van der Waals surface area contributed by atoms with E-state index in [9.17, 15) is 22.8 Å². The van der Waals surface area contributed by atoms with Crippen LogP contribution in [0.15, 0.2) is 60.8 Å². The number of likely N-dealkylation sites (tertiary alicyclic amines) is 1. The van der Waals surface area contributed by atoms with Crippen molar-refractivity contribution in [2.75, 3.05) is 20.2 Å². The van der Waals surface area contributed by atoms with E-state index in [1.165, 1.54) is 13.2 Å². The summed E-state index contributed by atoms with van der Waals surface area (Å²) < 4.78 is 48.4. The van der Waals surface area contributed by atoms with Crippen LogP contribution in [-0.2, 0) is 4.79 Å². The summed E-state index contributed by atoms with van der Waals surface area (Å²) in [6.45, 7) is 0.704. The Morgan fingerprint density at radius 3 is 2.24 bits per heavy atom. The molecule has 38 heavy (non-hydrogen) atoms. The molecule has 1 fully saturated rings. The molecule has 0 radical (unpaired) electrons. The zero-order valence-corrected chi connectivity index (χ0v) is 20.4. The first kappa shape index (κ1) is 26.6. The number of benzene rings is 2. The summed E-state index contributed by atoms with van der Waals surface area (Å²) in [6, 6.07) is 15.2. The zero-order chi connectivity index (χ0) is 27.4. The van der Waals surface area contributed by atoms with Gasteiger partial charge in [-0.25, -0.2) is 9.78 Å². The Bertz CT molecular complexity index is 1330. The molecule has 2 heterocycles. The molecule has 1 saturated heterocycles. The maximum atomic E-state index is 13.1. The number of pyridine rings is 1. The van der Waals surface area contributed by atoms with E-state index in [1.807, 2.05) is 18.2 Å². The number of amides is 1. The van der Waals surface area contributed by atoms with E-state index in [1.54, 1.807) is 41.4 Å². The lowest BCUT2D eigenvalue weighted by atomic mass is 9.87. The van der Waals surface area contributed by atoms with Crippen LogP contribution in [0.1, 0.15) is 40.2 Å². The van der Waals surface area contributed by atoms with Gasteiger partial charge in [-0.05, 0) is 54.2 Å². The Morgan fingerprint density at radius 1 is 1.03 bits per heavy atom. The second-order valence-electron chi connectivity index (χ2n) is 8.76. The molecule has 198 valence electrons. The van der Waals surface area contributed by atoms with Gasteiger partial charge in [0.25, 0.3) is 5.91 Å². The number of esters is 1. The molecular weight excluding hydrogens is 501 g/mol. The van der Waals surface area contributed by atoms with Crippen molar-refractivity contribution >= 4 is 17.7 Å². The van der Waals surface area contributed by atoms with Gasteiger partial charge >= 0.3 is 12.1 Å². The maximum absolute atomic E-state index is 13.1. The van der Waals surface area contributed by atoms with Gasteiger partial charge in [0, 0.05) is 36.5 Å². The molecule has 1 aliphatic rings. The van der Waals surface area contributed by atoms with E-state index in [4.69, 9.17) is 15.9 Å². The molecule has 1 aromatic heterocycles. The molecule has 2 aromatic carbocycles. The Morgan fingerprint density at radius 2 is 1.68 bits per heavy atom. The smallest absolute Gasteiger partial charge is 0.481 e. The monoisotopic (exact) mass is 526 g/mol. The summed E-state index contributed by atoms with van der Waals surface area (Å²) in [7, 11) is 1.54. The number of nitrogen functional groups attached to an aromatic ring is 1. The van der Waals surface area contributed by atoms with Gasteiger partial charge < -0.3 is 20.1 Å². The number of alkyl halides is 3. The zero-order valence-electron chi connectivity index (χ0n) is 20.4. The molecule has 0 spiro atoms. The lowest BCUT2D eigenvalue weighted by Crippen LogP contribution is -2.38. The van der Waals surface area contributed by atoms with Crippen LogP contribution >= 0.6 is 0 Å². The topological polar surface area (TPSA) is 119 Å². The first-order valence-corrected chi connectivity index (χ1v) is 11.7. The number of methoxy groups -OCH3 is 1. The van der Waals surface area contributed by atoms with Gasteiger partial charge in [-0.15, -0.1) is 0 Å². The van der Waals surface area contributed by atoms with Crippen molar-refractivity contribution in [3.8, 4) is 22.8 Å². The van der Waals surface area contributed by atoms with Crippen LogP contribution in [-0.4, -0.2) is 54.0 Å². The number of piperidine rings is 1. The number of ether oxygens (including phenoxy) is 2. The van der Waals surface area contributed by atoms with Crippen LogP contribution in [0.3, 0.4) is 0 Å². The fraction of sp³-hybridized carbons (Fsp3) is 0.259. The lowest BCUT2D eigenvalue weighted by molar-refractivity contribution is -0.189. The van der Waals surface area contributed by atoms with E-state index < -0.39 is 18.0 Å². The van der Waals surface area contributed by atoms with E-state index in [2.05, 4.69) is 9.72 Å². The van der Waals surface area contributed by atoms with Crippen LogP contribution in [0.4, 0.5) is 13.2 Å². The Hall–Kier alpha value is -4.41. The van der Waals surface area contributed by atoms with Crippen LogP contribution in [0.2, 0.25) is 0 Å². The predicted molar refractivity (Wildman–Crippen MR) is 133 cm³/mol. The first-order chi connectivity index (χ1) is 18.1. The minimum atomic E-state index is -5.20. The molecule has 1 amide bonds. The summed E-state index contributed by atoms with van der Waals surface area (Å²) >= 11 is 0. The normalized spacial score (nSPS) is 14.2. The third-order valence-electron chi connectivity index (χ3n) is 6.39. The number of carbonyl (C=O) groups is 2. The molecule has 1 aliphatic heterocycles. The van der Waals surface area contributed by atoms with Gasteiger partial charge in [-0.3, -0.25) is 10.2 Å². The summed E-state index contributed by atoms with van der Waals surface area (Å²) in [4.78, 5) is 30.5. The van der Waals surface area contributed by atoms with Crippen LogP contribution in [0.5, 0.6) is 11.6 Å². The highest BCUT2D eigenvalue weighted by Gasteiger charge is 2.42. The Labute approximate surface area is 216 Å². The second-order valence-corrected chi connectivity index (χ2v) is 8.76. The largest absolute Gasteiger partial charge is 0.491 e. The Balaban J connectivity index is 1.46. The minimum Gasteiger partial charge on any atom is -0.481 e. The average Bonchev–Trinajstić information content (AvgIpc) is 2.92. The average molecular weight is 527 g/mol. The number of hydrogen-bond donors (Lipinski definition) is 2. The molecule has 3 aromatic rings. The minimum absolute atomic E-state index is 0.0919.